The van der Waals surface area contributed by atoms with Gasteiger partial charge in [0.2, 0.25) is 0 Å². The largest absolute Gasteiger partial charge is 0.508 e. The quantitative estimate of drug-likeness (QED) is 0.287. The van der Waals surface area contributed by atoms with Gasteiger partial charge in [-0.3, -0.25) is 4.79 Å². The summed E-state index contributed by atoms with van der Waals surface area (Å²) in [5, 5.41) is 31.9. The van der Waals surface area contributed by atoms with E-state index >= 15 is 0 Å². The maximum atomic E-state index is 12.1. The van der Waals surface area contributed by atoms with Gasteiger partial charge in [-0.25, -0.2) is 5.43 Å². The van der Waals surface area contributed by atoms with Gasteiger partial charge in [0.1, 0.15) is 17.2 Å². The van der Waals surface area contributed by atoms with Crippen LogP contribution in [0.5, 0.6) is 17.2 Å². The molecule has 3 aromatic rings. The molecule has 0 aliphatic rings. The summed E-state index contributed by atoms with van der Waals surface area (Å²) < 4.78 is 7.10. The maximum Gasteiger partial charge on any atom is 0.250 e. The number of phenolic OH excluding ortho intramolecular Hbond substituents is 2. The summed E-state index contributed by atoms with van der Waals surface area (Å²) in [4.78, 5) is 12.1. The maximum absolute atomic E-state index is 12.1. The van der Waals surface area contributed by atoms with E-state index in [2.05, 4.69) is 20.7 Å². The third-order valence-electron chi connectivity index (χ3n) is 4.12. The van der Waals surface area contributed by atoms with Gasteiger partial charge in [0, 0.05) is 23.7 Å². The van der Waals surface area contributed by atoms with Crippen molar-refractivity contribution in [3.63, 3.8) is 0 Å². The highest BCUT2D eigenvalue weighted by Crippen LogP contribution is 2.25. The van der Waals surface area contributed by atoms with E-state index in [1.807, 2.05) is 35.8 Å². The van der Waals surface area contributed by atoms with Crippen molar-refractivity contribution in [3.05, 3.63) is 48.0 Å². The van der Waals surface area contributed by atoms with Crippen LogP contribution in [-0.2, 0) is 11.3 Å². The summed E-state index contributed by atoms with van der Waals surface area (Å²) in [5.74, 6) is 1.05. The third kappa shape index (κ3) is 5.09. The smallest absolute Gasteiger partial charge is 0.250 e. The molecular weight excluding hydrogens is 406 g/mol. The second kappa shape index (κ2) is 9.79. The Morgan fingerprint density at radius 3 is 2.67 bits per heavy atom. The average Bonchev–Trinajstić information content (AvgIpc) is 3.16. The number of nitrogens with one attached hydrogen (secondary N) is 1. The number of methoxy groups -OCH3 is 1. The lowest BCUT2D eigenvalue weighted by Crippen LogP contribution is -2.20. The van der Waals surface area contributed by atoms with Crippen LogP contribution in [0.3, 0.4) is 0 Å². The first-order chi connectivity index (χ1) is 14.5. The Morgan fingerprint density at radius 2 is 2.00 bits per heavy atom. The minimum Gasteiger partial charge on any atom is -0.508 e. The van der Waals surface area contributed by atoms with Gasteiger partial charge in [0.25, 0.3) is 5.91 Å². The van der Waals surface area contributed by atoms with Gasteiger partial charge in [0.05, 0.1) is 19.1 Å². The van der Waals surface area contributed by atoms with Crippen molar-refractivity contribution >= 4 is 23.9 Å². The molecular formula is C20H21N5O4S. The van der Waals surface area contributed by atoms with E-state index in [1.165, 1.54) is 36.2 Å². The van der Waals surface area contributed by atoms with Gasteiger partial charge in [-0.05, 0) is 43.3 Å². The first kappa shape index (κ1) is 21.2. The van der Waals surface area contributed by atoms with E-state index in [4.69, 9.17) is 4.74 Å². The number of thioether (sulfide) groups is 1. The predicted octanol–water partition coefficient (Wildman–Crippen LogP) is 2.63. The van der Waals surface area contributed by atoms with Gasteiger partial charge < -0.3 is 19.5 Å². The lowest BCUT2D eigenvalue weighted by Gasteiger charge is -2.07. The highest BCUT2D eigenvalue weighted by Gasteiger charge is 2.14. The molecule has 1 heterocycles. The van der Waals surface area contributed by atoms with Gasteiger partial charge in [-0.2, -0.15) is 5.10 Å². The van der Waals surface area contributed by atoms with Crippen LogP contribution >= 0.6 is 11.8 Å². The van der Waals surface area contributed by atoms with Gasteiger partial charge in [-0.1, -0.05) is 11.8 Å². The van der Waals surface area contributed by atoms with Crippen LogP contribution < -0.4 is 10.2 Å². The number of hydrogen-bond donors (Lipinski definition) is 3. The van der Waals surface area contributed by atoms with Crippen LogP contribution in [-0.4, -0.2) is 50.0 Å². The topological polar surface area (TPSA) is 122 Å². The fourth-order valence-corrected chi connectivity index (χ4v) is 3.41. The second-order valence-electron chi connectivity index (χ2n) is 6.10. The molecule has 1 amide bonds. The number of phenols is 2. The number of ether oxygens (including phenoxy) is 1. The molecule has 0 aliphatic carbocycles. The Hall–Kier alpha value is -3.53. The van der Waals surface area contributed by atoms with E-state index in [-0.39, 0.29) is 23.2 Å². The second-order valence-corrected chi connectivity index (χ2v) is 7.05. The summed E-state index contributed by atoms with van der Waals surface area (Å²) in [6.45, 7) is 2.63. The summed E-state index contributed by atoms with van der Waals surface area (Å²) in [6.07, 6.45) is 1.30. The number of aromatic hydroxyl groups is 2. The Kier molecular flexibility index (Phi) is 6.91. The molecule has 0 saturated carbocycles. The molecule has 156 valence electrons. The Morgan fingerprint density at radius 1 is 1.23 bits per heavy atom. The van der Waals surface area contributed by atoms with E-state index in [1.54, 1.807) is 7.11 Å². The Balaban J connectivity index is 1.60. The predicted molar refractivity (Wildman–Crippen MR) is 114 cm³/mol. The molecule has 0 bridgehead atoms. The molecule has 3 rings (SSSR count). The normalized spacial score (nSPS) is 11.0. The van der Waals surface area contributed by atoms with Crippen LogP contribution in [0.4, 0.5) is 0 Å². The molecule has 0 saturated heterocycles. The highest BCUT2D eigenvalue weighted by atomic mass is 32.2. The molecule has 0 fully saturated rings. The molecule has 0 spiro atoms. The van der Waals surface area contributed by atoms with Gasteiger partial charge in [0.15, 0.2) is 11.0 Å². The first-order valence-corrected chi connectivity index (χ1v) is 10.0. The molecule has 1 aromatic heterocycles. The number of hydrogen-bond acceptors (Lipinski definition) is 8. The van der Waals surface area contributed by atoms with E-state index in [0.29, 0.717) is 23.1 Å². The zero-order valence-electron chi connectivity index (χ0n) is 16.4. The molecule has 3 N–H and O–H groups in total. The van der Waals surface area contributed by atoms with Gasteiger partial charge >= 0.3 is 0 Å². The summed E-state index contributed by atoms with van der Waals surface area (Å²) in [6, 6.07) is 11.6. The van der Waals surface area contributed by atoms with Crippen molar-refractivity contribution in [1.29, 1.82) is 0 Å². The zero-order chi connectivity index (χ0) is 21.5. The molecule has 30 heavy (non-hydrogen) atoms. The number of benzene rings is 2. The van der Waals surface area contributed by atoms with E-state index in [0.717, 1.165) is 11.3 Å². The summed E-state index contributed by atoms with van der Waals surface area (Å²) >= 11 is 1.25. The molecule has 0 atom stereocenters. The number of hydrazone groups is 1. The summed E-state index contributed by atoms with van der Waals surface area (Å²) in [5.41, 5.74) is 3.67. The number of nitrogens with zero attached hydrogens (tertiary/aromatic N) is 4. The lowest BCUT2D eigenvalue weighted by atomic mass is 10.2. The standard InChI is InChI=1S/C20H21N5O4S/c1-3-25-19(13-5-8-16(29-2)9-6-13)23-24-20(25)30-12-18(28)22-21-11-14-4-7-15(26)10-17(14)27/h4-11,26-27H,3,12H2,1-2H3,(H,22,28)/b21-11+. The molecule has 0 unspecified atom stereocenters. The Labute approximate surface area is 177 Å². The molecule has 0 radical (unpaired) electrons. The average molecular weight is 427 g/mol. The molecule has 2 aromatic carbocycles. The van der Waals surface area contributed by atoms with Crippen molar-refractivity contribution in [2.24, 2.45) is 5.10 Å². The zero-order valence-corrected chi connectivity index (χ0v) is 17.3. The minimum absolute atomic E-state index is 0.0564. The van der Waals surface area contributed by atoms with Crippen molar-refractivity contribution < 1.29 is 19.7 Å². The van der Waals surface area contributed by atoms with Gasteiger partial charge in [-0.15, -0.1) is 10.2 Å². The van der Waals surface area contributed by atoms with Crippen molar-refractivity contribution in [3.8, 4) is 28.6 Å². The van der Waals surface area contributed by atoms with Crippen molar-refractivity contribution in [2.45, 2.75) is 18.6 Å². The van der Waals surface area contributed by atoms with Crippen molar-refractivity contribution in [1.82, 2.24) is 20.2 Å². The first-order valence-electron chi connectivity index (χ1n) is 9.06. The number of rotatable bonds is 8. The highest BCUT2D eigenvalue weighted by molar-refractivity contribution is 7.99. The molecule has 10 heteroatoms. The lowest BCUT2D eigenvalue weighted by molar-refractivity contribution is -0.118. The van der Waals surface area contributed by atoms with Crippen molar-refractivity contribution in [2.75, 3.05) is 12.9 Å². The Bertz CT molecular complexity index is 1050. The fraction of sp³-hybridized carbons (Fsp3) is 0.200. The van der Waals surface area contributed by atoms with Crippen LogP contribution in [0.15, 0.2) is 52.7 Å². The SMILES string of the molecule is CCn1c(SCC(=O)N/N=C/c2ccc(O)cc2O)nnc1-c1ccc(OC)cc1. The number of carbonyl (C=O) groups is 1. The third-order valence-corrected chi connectivity index (χ3v) is 5.09. The van der Waals surface area contributed by atoms with E-state index in [9.17, 15) is 15.0 Å². The van der Waals surface area contributed by atoms with Crippen LogP contribution in [0.25, 0.3) is 11.4 Å². The van der Waals surface area contributed by atoms with Crippen LogP contribution in [0, 0.1) is 0 Å². The molecule has 9 nitrogen and oxygen atoms in total. The van der Waals surface area contributed by atoms with E-state index < -0.39 is 0 Å². The monoisotopic (exact) mass is 427 g/mol. The fourth-order valence-electron chi connectivity index (χ4n) is 2.61. The number of amides is 1. The number of aromatic nitrogens is 3. The minimum atomic E-state index is -0.328. The molecule has 0 aliphatic heterocycles. The summed E-state index contributed by atoms with van der Waals surface area (Å²) in [7, 11) is 1.61. The van der Waals surface area contributed by atoms with Crippen LogP contribution in [0.2, 0.25) is 0 Å². The number of carbonyl (C=O) groups excluding carboxylic acids is 1. The van der Waals surface area contributed by atoms with Crippen LogP contribution in [0.1, 0.15) is 12.5 Å².